The summed E-state index contributed by atoms with van der Waals surface area (Å²) in [4.78, 5) is 11.2. The summed E-state index contributed by atoms with van der Waals surface area (Å²) < 4.78 is 13.2. The molecule has 0 spiro atoms. The standard InChI is InChI=1S/C21H28FN5/c1-23-21(25-14-17-7-6-8-19(22)13-17)26-16-18-9-10-20(24-15-18)27-11-4-2-3-5-12-27/h6-10,13,15H,2-5,11-12,14,16H2,1H3,(H2,23,25,26). The van der Waals surface area contributed by atoms with E-state index in [-0.39, 0.29) is 5.82 Å². The highest BCUT2D eigenvalue weighted by atomic mass is 19.1. The molecule has 0 aliphatic carbocycles. The van der Waals surface area contributed by atoms with E-state index in [1.807, 2.05) is 12.3 Å². The second-order valence-electron chi connectivity index (χ2n) is 6.84. The second kappa shape index (κ2) is 9.90. The summed E-state index contributed by atoms with van der Waals surface area (Å²) in [6, 6.07) is 10.8. The lowest BCUT2D eigenvalue weighted by molar-refractivity contribution is 0.624. The number of guanidine groups is 1. The molecule has 1 saturated heterocycles. The average Bonchev–Trinajstić information content (AvgIpc) is 2.98. The third-order valence-corrected chi connectivity index (χ3v) is 4.77. The maximum Gasteiger partial charge on any atom is 0.191 e. The number of anilines is 1. The van der Waals surface area contributed by atoms with Crippen LogP contribution in [-0.4, -0.2) is 31.1 Å². The molecule has 1 aromatic carbocycles. The number of nitrogens with one attached hydrogen (secondary N) is 2. The lowest BCUT2D eigenvalue weighted by Crippen LogP contribution is -2.36. The maximum atomic E-state index is 13.2. The van der Waals surface area contributed by atoms with Gasteiger partial charge in [0, 0.05) is 39.4 Å². The Labute approximate surface area is 160 Å². The van der Waals surface area contributed by atoms with Gasteiger partial charge >= 0.3 is 0 Å². The third kappa shape index (κ3) is 5.94. The van der Waals surface area contributed by atoms with Crippen molar-refractivity contribution in [2.45, 2.75) is 38.8 Å². The van der Waals surface area contributed by atoms with Crippen LogP contribution in [0.4, 0.5) is 10.2 Å². The molecule has 0 atom stereocenters. The Balaban J connectivity index is 1.49. The maximum absolute atomic E-state index is 13.2. The Morgan fingerprint density at radius 1 is 1.04 bits per heavy atom. The van der Waals surface area contributed by atoms with Crippen molar-refractivity contribution in [2.75, 3.05) is 25.0 Å². The fraction of sp³-hybridized carbons (Fsp3) is 0.429. The van der Waals surface area contributed by atoms with Gasteiger partial charge in [0.2, 0.25) is 0 Å². The average molecular weight is 369 g/mol. The molecule has 3 rings (SSSR count). The number of nitrogens with zero attached hydrogens (tertiary/aromatic N) is 3. The minimum absolute atomic E-state index is 0.229. The molecule has 1 aliphatic heterocycles. The molecule has 2 aromatic rings. The number of aromatic nitrogens is 1. The van der Waals surface area contributed by atoms with Crippen molar-refractivity contribution < 1.29 is 4.39 Å². The van der Waals surface area contributed by atoms with E-state index in [1.165, 1.54) is 37.8 Å². The number of rotatable bonds is 5. The minimum atomic E-state index is -0.229. The predicted molar refractivity (Wildman–Crippen MR) is 108 cm³/mol. The quantitative estimate of drug-likeness (QED) is 0.626. The van der Waals surface area contributed by atoms with Crippen LogP contribution in [-0.2, 0) is 13.1 Å². The molecule has 2 N–H and O–H groups in total. The van der Waals surface area contributed by atoms with E-state index < -0.39 is 0 Å². The lowest BCUT2D eigenvalue weighted by atomic mass is 10.2. The van der Waals surface area contributed by atoms with Gasteiger partial charge in [-0.25, -0.2) is 9.37 Å². The summed E-state index contributed by atoms with van der Waals surface area (Å²) in [6.45, 7) is 3.35. The van der Waals surface area contributed by atoms with Crippen LogP contribution in [0.1, 0.15) is 36.8 Å². The van der Waals surface area contributed by atoms with Gasteiger partial charge in [0.25, 0.3) is 0 Å². The molecule has 1 aromatic heterocycles. The van der Waals surface area contributed by atoms with Crippen LogP contribution in [0, 0.1) is 5.82 Å². The lowest BCUT2D eigenvalue weighted by Gasteiger charge is -2.21. The van der Waals surface area contributed by atoms with E-state index >= 15 is 0 Å². The molecule has 5 nitrogen and oxygen atoms in total. The molecule has 0 saturated carbocycles. The van der Waals surface area contributed by atoms with Crippen molar-refractivity contribution >= 4 is 11.8 Å². The van der Waals surface area contributed by atoms with Gasteiger partial charge in [-0.05, 0) is 42.2 Å². The van der Waals surface area contributed by atoms with E-state index in [9.17, 15) is 4.39 Å². The largest absolute Gasteiger partial charge is 0.357 e. The SMILES string of the molecule is CN=C(NCc1ccc(N2CCCCCC2)nc1)NCc1cccc(F)c1. The number of hydrogen-bond acceptors (Lipinski definition) is 3. The van der Waals surface area contributed by atoms with Gasteiger partial charge in [0.05, 0.1) is 0 Å². The zero-order chi connectivity index (χ0) is 18.9. The van der Waals surface area contributed by atoms with Crippen molar-refractivity contribution in [3.05, 3.63) is 59.5 Å². The monoisotopic (exact) mass is 369 g/mol. The van der Waals surface area contributed by atoms with E-state index in [0.29, 0.717) is 19.0 Å². The van der Waals surface area contributed by atoms with E-state index in [1.54, 1.807) is 13.1 Å². The van der Waals surface area contributed by atoms with Crippen LogP contribution in [0.25, 0.3) is 0 Å². The fourth-order valence-electron chi connectivity index (χ4n) is 3.25. The molecule has 6 heteroatoms. The molecular weight excluding hydrogens is 341 g/mol. The molecule has 1 aliphatic rings. The Morgan fingerprint density at radius 2 is 1.78 bits per heavy atom. The van der Waals surface area contributed by atoms with Crippen LogP contribution in [0.15, 0.2) is 47.6 Å². The van der Waals surface area contributed by atoms with Crippen LogP contribution in [0.2, 0.25) is 0 Å². The van der Waals surface area contributed by atoms with Crippen molar-refractivity contribution in [3.63, 3.8) is 0 Å². The zero-order valence-electron chi connectivity index (χ0n) is 15.9. The van der Waals surface area contributed by atoms with E-state index in [4.69, 9.17) is 0 Å². The number of benzene rings is 1. The molecule has 2 heterocycles. The van der Waals surface area contributed by atoms with Crippen molar-refractivity contribution in [3.8, 4) is 0 Å². The van der Waals surface area contributed by atoms with Crippen LogP contribution in [0.5, 0.6) is 0 Å². The number of pyridine rings is 1. The van der Waals surface area contributed by atoms with Gasteiger partial charge in [0.1, 0.15) is 11.6 Å². The first-order chi connectivity index (χ1) is 13.2. The van der Waals surface area contributed by atoms with Gasteiger partial charge in [0.15, 0.2) is 5.96 Å². The summed E-state index contributed by atoms with van der Waals surface area (Å²) in [7, 11) is 1.72. The first-order valence-electron chi connectivity index (χ1n) is 9.63. The highest BCUT2D eigenvalue weighted by Crippen LogP contribution is 2.17. The second-order valence-corrected chi connectivity index (χ2v) is 6.84. The van der Waals surface area contributed by atoms with E-state index in [0.717, 1.165) is 30.0 Å². The molecule has 27 heavy (non-hydrogen) atoms. The molecule has 0 amide bonds. The van der Waals surface area contributed by atoms with Gasteiger partial charge in [-0.15, -0.1) is 0 Å². The minimum Gasteiger partial charge on any atom is -0.357 e. The van der Waals surface area contributed by atoms with Crippen LogP contribution >= 0.6 is 0 Å². The smallest absolute Gasteiger partial charge is 0.191 e. The molecule has 0 bridgehead atoms. The van der Waals surface area contributed by atoms with Gasteiger partial charge in [-0.2, -0.15) is 0 Å². The van der Waals surface area contributed by atoms with Crippen LogP contribution in [0.3, 0.4) is 0 Å². The molecule has 0 unspecified atom stereocenters. The van der Waals surface area contributed by atoms with Crippen molar-refractivity contribution in [2.24, 2.45) is 4.99 Å². The Hall–Kier alpha value is -2.63. The van der Waals surface area contributed by atoms with Gasteiger partial charge < -0.3 is 15.5 Å². The number of aliphatic imine (C=N–C) groups is 1. The first-order valence-corrected chi connectivity index (χ1v) is 9.63. The summed E-state index contributed by atoms with van der Waals surface area (Å²) in [5.41, 5.74) is 1.98. The normalized spacial score (nSPS) is 15.3. The Bertz CT molecular complexity index is 736. The molecule has 1 fully saturated rings. The summed E-state index contributed by atoms with van der Waals surface area (Å²) >= 11 is 0. The van der Waals surface area contributed by atoms with Crippen molar-refractivity contribution in [1.29, 1.82) is 0 Å². The number of halogens is 1. The first kappa shape index (κ1) is 19.1. The molecular formula is C21H28FN5. The fourth-order valence-corrected chi connectivity index (χ4v) is 3.25. The Morgan fingerprint density at radius 3 is 2.41 bits per heavy atom. The van der Waals surface area contributed by atoms with Gasteiger partial charge in [-0.3, -0.25) is 4.99 Å². The Kier molecular flexibility index (Phi) is 7.02. The van der Waals surface area contributed by atoms with Crippen molar-refractivity contribution in [1.82, 2.24) is 15.6 Å². The van der Waals surface area contributed by atoms with Gasteiger partial charge in [-0.1, -0.05) is 31.0 Å². The zero-order valence-corrected chi connectivity index (χ0v) is 15.9. The topological polar surface area (TPSA) is 52.6 Å². The highest BCUT2D eigenvalue weighted by Gasteiger charge is 2.10. The predicted octanol–water partition coefficient (Wildman–Crippen LogP) is 3.47. The van der Waals surface area contributed by atoms with Crippen LogP contribution < -0.4 is 15.5 Å². The number of hydrogen-bond donors (Lipinski definition) is 2. The highest BCUT2D eigenvalue weighted by molar-refractivity contribution is 5.79. The molecule has 0 radical (unpaired) electrons. The summed E-state index contributed by atoms with van der Waals surface area (Å²) in [5.74, 6) is 1.51. The van der Waals surface area contributed by atoms with E-state index in [2.05, 4.69) is 37.6 Å². The summed E-state index contributed by atoms with van der Waals surface area (Å²) in [5, 5.41) is 6.47. The molecule has 144 valence electrons. The summed E-state index contributed by atoms with van der Waals surface area (Å²) in [6.07, 6.45) is 7.06. The third-order valence-electron chi connectivity index (χ3n) is 4.77.